The van der Waals surface area contributed by atoms with Crippen LogP contribution >= 0.6 is 22.6 Å². The SMILES string of the molecule is CCOC(=O)[C@@H](C)Oc1c(I)cc(/C=C2\NC(=O)N(Cc3ccc(C(=O)OC)o3)C2=O)cc1OCC. The van der Waals surface area contributed by atoms with Crippen LogP contribution in [0.2, 0.25) is 0 Å². The first-order valence-electron chi connectivity index (χ1n) is 11.0. The molecule has 1 N–H and O–H groups in total. The van der Waals surface area contributed by atoms with E-state index in [2.05, 4.69) is 10.1 Å². The normalized spacial score (nSPS) is 15.0. The van der Waals surface area contributed by atoms with Gasteiger partial charge in [-0.2, -0.15) is 0 Å². The predicted octanol–water partition coefficient (Wildman–Crippen LogP) is 3.49. The maximum Gasteiger partial charge on any atom is 0.373 e. The molecule has 1 atom stereocenters. The number of rotatable bonds is 10. The maximum atomic E-state index is 12.9. The summed E-state index contributed by atoms with van der Waals surface area (Å²) in [5, 5.41) is 2.54. The number of ether oxygens (including phenoxy) is 4. The summed E-state index contributed by atoms with van der Waals surface area (Å²) in [4.78, 5) is 49.9. The highest BCUT2D eigenvalue weighted by molar-refractivity contribution is 14.1. The van der Waals surface area contributed by atoms with Gasteiger partial charge in [0.25, 0.3) is 5.91 Å². The van der Waals surface area contributed by atoms with Gasteiger partial charge in [-0.25, -0.2) is 14.4 Å². The number of imide groups is 1. The summed E-state index contributed by atoms with van der Waals surface area (Å²) >= 11 is 2.04. The Morgan fingerprint density at radius 1 is 1.19 bits per heavy atom. The monoisotopic (exact) mass is 612 g/mol. The highest BCUT2D eigenvalue weighted by Crippen LogP contribution is 2.36. The fourth-order valence-corrected chi connectivity index (χ4v) is 4.00. The number of hydrogen-bond donors (Lipinski definition) is 1. The third kappa shape index (κ3) is 6.17. The number of urea groups is 1. The van der Waals surface area contributed by atoms with Crippen molar-refractivity contribution in [2.24, 2.45) is 0 Å². The first-order valence-corrected chi connectivity index (χ1v) is 12.1. The summed E-state index contributed by atoms with van der Waals surface area (Å²) in [5.74, 6) is -0.798. The standard InChI is InChI=1S/C24H25IN2O9/c1-5-33-19-11-14(9-16(25)20(19)35-13(3)22(29)34-6-2)10-17-21(28)27(24(31)26-17)12-15-7-8-18(36-15)23(30)32-4/h7-11,13H,5-6,12H2,1-4H3,(H,26,31)/b17-10-/t13-/m1/s1. The molecule has 3 rings (SSSR count). The zero-order valence-corrected chi connectivity index (χ0v) is 22.2. The Labute approximate surface area is 220 Å². The van der Waals surface area contributed by atoms with Crippen molar-refractivity contribution >= 4 is 52.5 Å². The van der Waals surface area contributed by atoms with Crippen LogP contribution in [-0.4, -0.2) is 55.2 Å². The molecule has 1 aliphatic heterocycles. The van der Waals surface area contributed by atoms with Crippen molar-refractivity contribution in [2.45, 2.75) is 33.4 Å². The number of nitrogens with zero attached hydrogens (tertiary/aromatic N) is 1. The number of esters is 2. The van der Waals surface area contributed by atoms with Gasteiger partial charge in [-0.1, -0.05) is 0 Å². The smallest absolute Gasteiger partial charge is 0.373 e. The van der Waals surface area contributed by atoms with Gasteiger partial charge in [-0.3, -0.25) is 9.69 Å². The average Bonchev–Trinajstić information content (AvgIpc) is 3.41. The van der Waals surface area contributed by atoms with E-state index in [1.165, 1.54) is 25.3 Å². The second-order valence-corrected chi connectivity index (χ2v) is 8.57. The molecule has 0 saturated carbocycles. The van der Waals surface area contributed by atoms with Crippen molar-refractivity contribution in [2.75, 3.05) is 20.3 Å². The fraction of sp³-hybridized carbons (Fsp3) is 0.333. The number of nitrogens with one attached hydrogen (secondary N) is 1. The van der Waals surface area contributed by atoms with Crippen molar-refractivity contribution in [1.29, 1.82) is 0 Å². The molecule has 1 aliphatic rings. The van der Waals surface area contributed by atoms with E-state index < -0.39 is 30.0 Å². The molecule has 0 aliphatic carbocycles. The summed E-state index contributed by atoms with van der Waals surface area (Å²) in [6, 6.07) is 5.62. The van der Waals surface area contributed by atoms with Gasteiger partial charge in [0.15, 0.2) is 17.6 Å². The van der Waals surface area contributed by atoms with Crippen molar-refractivity contribution in [3.05, 3.63) is 50.6 Å². The van der Waals surface area contributed by atoms with Crippen molar-refractivity contribution in [3.63, 3.8) is 0 Å². The number of carbonyl (C=O) groups excluding carboxylic acids is 4. The molecule has 2 aromatic rings. The third-order valence-electron chi connectivity index (χ3n) is 4.88. The number of furan rings is 1. The molecule has 0 radical (unpaired) electrons. The van der Waals surface area contributed by atoms with Crippen molar-refractivity contribution < 1.29 is 42.5 Å². The lowest BCUT2D eigenvalue weighted by Gasteiger charge is -2.18. The van der Waals surface area contributed by atoms with Crippen LogP contribution in [0.1, 0.15) is 42.6 Å². The van der Waals surface area contributed by atoms with Gasteiger partial charge < -0.3 is 28.7 Å². The molecule has 36 heavy (non-hydrogen) atoms. The van der Waals surface area contributed by atoms with Gasteiger partial charge in [0.05, 0.1) is 30.4 Å². The van der Waals surface area contributed by atoms with Gasteiger partial charge in [-0.15, -0.1) is 0 Å². The van der Waals surface area contributed by atoms with Gasteiger partial charge in [0.1, 0.15) is 11.5 Å². The highest BCUT2D eigenvalue weighted by Gasteiger charge is 2.34. The lowest BCUT2D eigenvalue weighted by molar-refractivity contribution is -0.150. The molecule has 1 saturated heterocycles. The Balaban J connectivity index is 1.82. The summed E-state index contributed by atoms with van der Waals surface area (Å²) in [6.07, 6.45) is 0.651. The van der Waals surface area contributed by atoms with Crippen LogP contribution in [0.15, 0.2) is 34.4 Å². The van der Waals surface area contributed by atoms with Crippen LogP contribution in [0, 0.1) is 3.57 Å². The van der Waals surface area contributed by atoms with Gasteiger partial charge in [0.2, 0.25) is 5.76 Å². The Morgan fingerprint density at radius 3 is 2.61 bits per heavy atom. The summed E-state index contributed by atoms with van der Waals surface area (Å²) in [7, 11) is 1.22. The maximum absolute atomic E-state index is 12.9. The number of benzene rings is 1. The summed E-state index contributed by atoms with van der Waals surface area (Å²) in [5.41, 5.74) is 0.613. The van der Waals surface area contributed by atoms with E-state index >= 15 is 0 Å². The summed E-state index contributed by atoms with van der Waals surface area (Å²) in [6.45, 7) is 5.49. The van der Waals surface area contributed by atoms with E-state index in [0.29, 0.717) is 27.2 Å². The molecule has 11 nitrogen and oxygen atoms in total. The van der Waals surface area contributed by atoms with Gasteiger partial charge in [0, 0.05) is 0 Å². The highest BCUT2D eigenvalue weighted by atomic mass is 127. The van der Waals surface area contributed by atoms with Crippen LogP contribution < -0.4 is 14.8 Å². The minimum absolute atomic E-state index is 0.0343. The van der Waals surface area contributed by atoms with Crippen molar-refractivity contribution in [1.82, 2.24) is 10.2 Å². The largest absolute Gasteiger partial charge is 0.490 e. The van der Waals surface area contributed by atoms with Crippen LogP contribution in [0.5, 0.6) is 11.5 Å². The quantitative estimate of drug-likeness (QED) is 0.185. The van der Waals surface area contributed by atoms with Crippen LogP contribution in [-0.2, 0) is 25.6 Å². The molecule has 1 aromatic carbocycles. The molecule has 0 bridgehead atoms. The number of halogens is 1. The molecule has 3 amide bonds. The Kier molecular flexibility index (Phi) is 8.96. The van der Waals surface area contributed by atoms with Crippen LogP contribution in [0.25, 0.3) is 6.08 Å². The molecular weight excluding hydrogens is 587 g/mol. The van der Waals surface area contributed by atoms with Gasteiger partial charge in [-0.05, 0) is 79.3 Å². The molecular formula is C24H25IN2O9. The minimum atomic E-state index is -0.854. The molecule has 1 aromatic heterocycles. The predicted molar refractivity (Wildman–Crippen MR) is 134 cm³/mol. The van der Waals surface area contributed by atoms with E-state index in [1.807, 2.05) is 22.6 Å². The molecule has 12 heteroatoms. The van der Waals surface area contributed by atoms with Gasteiger partial charge >= 0.3 is 18.0 Å². The van der Waals surface area contributed by atoms with E-state index in [1.54, 1.807) is 32.9 Å². The zero-order chi connectivity index (χ0) is 26.4. The minimum Gasteiger partial charge on any atom is -0.490 e. The molecule has 1 fully saturated rings. The lowest BCUT2D eigenvalue weighted by Crippen LogP contribution is -2.30. The molecule has 192 valence electrons. The molecule has 0 spiro atoms. The fourth-order valence-electron chi connectivity index (χ4n) is 3.24. The zero-order valence-electron chi connectivity index (χ0n) is 20.1. The van der Waals surface area contributed by atoms with E-state index in [0.717, 1.165) is 4.90 Å². The Morgan fingerprint density at radius 2 is 1.94 bits per heavy atom. The van der Waals surface area contributed by atoms with E-state index in [-0.39, 0.29) is 30.4 Å². The average molecular weight is 612 g/mol. The summed E-state index contributed by atoms with van der Waals surface area (Å²) < 4.78 is 27.1. The lowest BCUT2D eigenvalue weighted by atomic mass is 10.1. The Bertz CT molecular complexity index is 1200. The third-order valence-corrected chi connectivity index (χ3v) is 5.68. The van der Waals surface area contributed by atoms with E-state index in [4.69, 9.17) is 18.6 Å². The molecule has 2 heterocycles. The second-order valence-electron chi connectivity index (χ2n) is 7.41. The van der Waals surface area contributed by atoms with Crippen LogP contribution in [0.3, 0.4) is 0 Å². The molecule has 0 unspecified atom stereocenters. The first kappa shape index (κ1) is 27.0. The van der Waals surface area contributed by atoms with Crippen molar-refractivity contribution in [3.8, 4) is 11.5 Å². The second kappa shape index (κ2) is 11.9. The Hall–Kier alpha value is -3.55. The number of methoxy groups -OCH3 is 1. The number of hydrogen-bond acceptors (Lipinski definition) is 9. The van der Waals surface area contributed by atoms with E-state index in [9.17, 15) is 19.2 Å². The van der Waals surface area contributed by atoms with Crippen LogP contribution in [0.4, 0.5) is 4.79 Å². The topological polar surface area (TPSA) is 134 Å². The number of carbonyl (C=O) groups is 4. The first-order chi connectivity index (χ1) is 17.2. The number of amides is 3.